The Bertz CT molecular complexity index is 380. The third-order valence-corrected chi connectivity index (χ3v) is 3.06. The summed E-state index contributed by atoms with van der Waals surface area (Å²) in [5.41, 5.74) is 6.43. The highest BCUT2D eigenvalue weighted by atomic mass is 79.9. The number of carbonyl (C=O) groups is 1. The van der Waals surface area contributed by atoms with Crippen LogP contribution in [-0.2, 0) is 9.53 Å². The summed E-state index contributed by atoms with van der Waals surface area (Å²) in [6.45, 7) is 1.06. The average Bonchev–Trinajstić information content (AvgIpc) is 2.31. The van der Waals surface area contributed by atoms with Gasteiger partial charge in [0.25, 0.3) is 5.91 Å². The van der Waals surface area contributed by atoms with Crippen LogP contribution < -0.4 is 10.6 Å². The molecule has 1 saturated heterocycles. The second kappa shape index (κ2) is 4.95. The molecule has 86 valence electrons. The van der Waals surface area contributed by atoms with E-state index in [0.717, 1.165) is 10.2 Å². The molecular weight excluding hydrogens is 272 g/mol. The van der Waals surface area contributed by atoms with Crippen LogP contribution in [0.25, 0.3) is 0 Å². The van der Waals surface area contributed by atoms with Crippen LogP contribution in [0.15, 0.2) is 28.7 Å². The van der Waals surface area contributed by atoms with Crippen molar-refractivity contribution in [1.82, 2.24) is 0 Å². The highest BCUT2D eigenvalue weighted by Crippen LogP contribution is 2.21. The first kappa shape index (κ1) is 11.6. The second-order valence-corrected chi connectivity index (χ2v) is 4.57. The van der Waals surface area contributed by atoms with Crippen LogP contribution >= 0.6 is 15.9 Å². The van der Waals surface area contributed by atoms with Crippen molar-refractivity contribution in [3.8, 4) is 0 Å². The Balaban J connectivity index is 2.17. The maximum absolute atomic E-state index is 11.7. The first-order valence-electron chi connectivity index (χ1n) is 5.08. The van der Waals surface area contributed by atoms with E-state index in [1.54, 1.807) is 4.90 Å². The van der Waals surface area contributed by atoms with Crippen molar-refractivity contribution in [3.05, 3.63) is 28.7 Å². The molecule has 4 nitrogen and oxygen atoms in total. The lowest BCUT2D eigenvalue weighted by molar-refractivity contribution is -0.128. The molecule has 0 radical (unpaired) electrons. The summed E-state index contributed by atoms with van der Waals surface area (Å²) in [7, 11) is 0. The summed E-state index contributed by atoms with van der Waals surface area (Å²) in [5.74, 6) is -0.0213. The van der Waals surface area contributed by atoms with Crippen LogP contribution in [0.1, 0.15) is 0 Å². The summed E-state index contributed by atoms with van der Waals surface area (Å²) in [6, 6.07) is 7.63. The maximum atomic E-state index is 11.7. The van der Waals surface area contributed by atoms with Gasteiger partial charge < -0.3 is 15.4 Å². The van der Waals surface area contributed by atoms with Gasteiger partial charge in [-0.05, 0) is 24.3 Å². The minimum atomic E-state index is -0.0682. The summed E-state index contributed by atoms with van der Waals surface area (Å²) < 4.78 is 6.28. The fourth-order valence-corrected chi connectivity index (χ4v) is 1.90. The number of nitrogens with two attached hydrogens (primary N) is 1. The molecule has 0 aliphatic carbocycles. The number of hydrogen-bond donors (Lipinski definition) is 1. The Hall–Kier alpha value is -0.910. The van der Waals surface area contributed by atoms with E-state index in [4.69, 9.17) is 10.5 Å². The van der Waals surface area contributed by atoms with E-state index >= 15 is 0 Å². The first-order chi connectivity index (χ1) is 7.70. The molecule has 1 amide bonds. The van der Waals surface area contributed by atoms with E-state index in [-0.39, 0.29) is 18.6 Å². The van der Waals surface area contributed by atoms with Crippen molar-refractivity contribution in [1.29, 1.82) is 0 Å². The van der Waals surface area contributed by atoms with Gasteiger partial charge in [0.05, 0.1) is 12.6 Å². The molecule has 0 saturated carbocycles. The molecule has 0 spiro atoms. The zero-order valence-electron chi connectivity index (χ0n) is 8.73. The van der Waals surface area contributed by atoms with Crippen LogP contribution in [0.2, 0.25) is 0 Å². The minimum Gasteiger partial charge on any atom is -0.365 e. The topological polar surface area (TPSA) is 55.6 Å². The second-order valence-electron chi connectivity index (χ2n) is 3.65. The summed E-state index contributed by atoms with van der Waals surface area (Å²) in [4.78, 5) is 13.4. The average molecular weight is 285 g/mol. The van der Waals surface area contributed by atoms with Gasteiger partial charge in [0.15, 0.2) is 0 Å². The number of carbonyl (C=O) groups excluding carboxylic acids is 1. The third kappa shape index (κ3) is 2.42. The standard InChI is InChI=1S/C11H13BrN2O2/c12-8-1-3-9(4-2-8)14-6-10(5-13)16-7-11(14)15/h1-4,10H,5-7,13H2. The lowest BCUT2D eigenvalue weighted by atomic mass is 10.2. The zero-order chi connectivity index (χ0) is 11.5. The van der Waals surface area contributed by atoms with Gasteiger partial charge in [0, 0.05) is 16.7 Å². The number of halogens is 1. The minimum absolute atomic E-state index is 0.0213. The number of nitrogens with zero attached hydrogens (tertiary/aromatic N) is 1. The van der Waals surface area contributed by atoms with E-state index in [2.05, 4.69) is 15.9 Å². The van der Waals surface area contributed by atoms with Crippen LogP contribution in [0.5, 0.6) is 0 Å². The molecule has 1 aromatic carbocycles. The van der Waals surface area contributed by atoms with Gasteiger partial charge in [-0.3, -0.25) is 4.79 Å². The number of ether oxygens (including phenoxy) is 1. The third-order valence-electron chi connectivity index (χ3n) is 2.53. The van der Waals surface area contributed by atoms with Crippen molar-refractivity contribution in [3.63, 3.8) is 0 Å². The predicted molar refractivity (Wildman–Crippen MR) is 65.3 cm³/mol. The molecule has 1 fully saturated rings. The maximum Gasteiger partial charge on any atom is 0.253 e. The predicted octanol–water partition coefficient (Wildman–Crippen LogP) is 1.14. The quantitative estimate of drug-likeness (QED) is 0.886. The van der Waals surface area contributed by atoms with E-state index < -0.39 is 0 Å². The number of rotatable bonds is 2. The SMILES string of the molecule is NCC1CN(c2ccc(Br)cc2)C(=O)CO1. The molecule has 1 aliphatic heterocycles. The number of benzene rings is 1. The molecule has 0 bridgehead atoms. The molecule has 1 aromatic rings. The van der Waals surface area contributed by atoms with Gasteiger partial charge in [-0.25, -0.2) is 0 Å². The first-order valence-corrected chi connectivity index (χ1v) is 5.87. The highest BCUT2D eigenvalue weighted by molar-refractivity contribution is 9.10. The molecule has 1 atom stereocenters. The van der Waals surface area contributed by atoms with Gasteiger partial charge in [0.2, 0.25) is 0 Å². The summed E-state index contributed by atoms with van der Waals surface area (Å²) >= 11 is 3.36. The molecule has 5 heteroatoms. The van der Waals surface area contributed by atoms with E-state index in [1.807, 2.05) is 24.3 Å². The normalized spacial score (nSPS) is 21.2. The zero-order valence-corrected chi connectivity index (χ0v) is 10.3. The molecule has 1 unspecified atom stereocenters. The number of morpholine rings is 1. The Morgan fingerprint density at radius 3 is 2.75 bits per heavy atom. The van der Waals surface area contributed by atoms with Gasteiger partial charge in [-0.2, -0.15) is 0 Å². The molecule has 2 N–H and O–H groups in total. The lowest BCUT2D eigenvalue weighted by Crippen LogP contribution is -2.49. The van der Waals surface area contributed by atoms with Gasteiger partial charge in [0.1, 0.15) is 6.61 Å². The lowest BCUT2D eigenvalue weighted by Gasteiger charge is -2.32. The van der Waals surface area contributed by atoms with Crippen LogP contribution in [0.3, 0.4) is 0 Å². The van der Waals surface area contributed by atoms with Gasteiger partial charge >= 0.3 is 0 Å². The van der Waals surface area contributed by atoms with Crippen molar-refractivity contribution >= 4 is 27.5 Å². The van der Waals surface area contributed by atoms with Crippen LogP contribution in [-0.4, -0.2) is 31.7 Å². The fraction of sp³-hybridized carbons (Fsp3) is 0.364. The van der Waals surface area contributed by atoms with Gasteiger partial charge in [-0.15, -0.1) is 0 Å². The molecular formula is C11H13BrN2O2. The number of amides is 1. The number of hydrogen-bond acceptors (Lipinski definition) is 3. The van der Waals surface area contributed by atoms with E-state index in [0.29, 0.717) is 13.1 Å². The Morgan fingerprint density at radius 2 is 2.12 bits per heavy atom. The summed E-state index contributed by atoms with van der Waals surface area (Å²) in [6.07, 6.45) is -0.0682. The molecule has 16 heavy (non-hydrogen) atoms. The Labute approximate surface area is 102 Å². The Morgan fingerprint density at radius 1 is 1.44 bits per heavy atom. The van der Waals surface area contributed by atoms with Crippen molar-refractivity contribution in [2.75, 3.05) is 24.6 Å². The van der Waals surface area contributed by atoms with Gasteiger partial charge in [-0.1, -0.05) is 15.9 Å². The van der Waals surface area contributed by atoms with Crippen LogP contribution in [0, 0.1) is 0 Å². The van der Waals surface area contributed by atoms with E-state index in [1.165, 1.54) is 0 Å². The Kier molecular flexibility index (Phi) is 3.58. The van der Waals surface area contributed by atoms with Crippen molar-refractivity contribution in [2.24, 2.45) is 5.73 Å². The van der Waals surface area contributed by atoms with E-state index in [9.17, 15) is 4.79 Å². The molecule has 2 rings (SSSR count). The smallest absolute Gasteiger partial charge is 0.253 e. The monoisotopic (exact) mass is 284 g/mol. The highest BCUT2D eigenvalue weighted by Gasteiger charge is 2.26. The van der Waals surface area contributed by atoms with Crippen molar-refractivity contribution in [2.45, 2.75) is 6.10 Å². The fourth-order valence-electron chi connectivity index (χ4n) is 1.64. The molecule has 0 aromatic heterocycles. The van der Waals surface area contributed by atoms with Crippen LogP contribution in [0.4, 0.5) is 5.69 Å². The molecule has 1 aliphatic rings. The molecule has 1 heterocycles. The number of anilines is 1. The summed E-state index contributed by atoms with van der Waals surface area (Å²) in [5, 5.41) is 0. The largest absolute Gasteiger partial charge is 0.365 e. The van der Waals surface area contributed by atoms with Crippen molar-refractivity contribution < 1.29 is 9.53 Å².